The normalized spacial score (nSPS) is 9.33. The summed E-state index contributed by atoms with van der Waals surface area (Å²) >= 11 is 2.00. The second-order valence-corrected chi connectivity index (χ2v) is 2.71. The van der Waals surface area contributed by atoms with E-state index in [2.05, 4.69) is 0 Å². The summed E-state index contributed by atoms with van der Waals surface area (Å²) in [5, 5.41) is 0. The lowest BCUT2D eigenvalue weighted by atomic mass is 10.4. The second kappa shape index (κ2) is 2.55. The van der Waals surface area contributed by atoms with E-state index in [-0.39, 0.29) is 5.78 Å². The molecule has 0 saturated heterocycles. The average Bonchev–Trinajstić information content (AvgIpc) is 1.36. The van der Waals surface area contributed by atoms with Crippen LogP contribution in [0.4, 0.5) is 0 Å². The van der Waals surface area contributed by atoms with Crippen molar-refractivity contribution in [2.75, 3.05) is 0 Å². The predicted molar refractivity (Wildman–Crippen MR) is 33.6 cm³/mol. The van der Waals surface area contributed by atoms with Crippen LogP contribution in [0.1, 0.15) is 13.8 Å². The quantitative estimate of drug-likeness (QED) is 0.583. The van der Waals surface area contributed by atoms with Gasteiger partial charge in [-0.1, -0.05) is 22.6 Å². The van der Waals surface area contributed by atoms with Crippen LogP contribution in [-0.4, -0.2) is 5.78 Å². The largest absolute Gasteiger partial charge is 0.298 e. The first kappa shape index (κ1) is 6.40. The smallest absolute Gasteiger partial charge is 0.147 e. The average molecular weight is 197 g/mol. The van der Waals surface area contributed by atoms with Crippen molar-refractivity contribution in [3.63, 3.8) is 0 Å². The molecule has 0 N–H and O–H groups in total. The van der Waals surface area contributed by atoms with Gasteiger partial charge in [0.1, 0.15) is 5.78 Å². The summed E-state index contributed by atoms with van der Waals surface area (Å²) in [4.78, 5) is 10.1. The Morgan fingerprint density at radius 1 is 1.50 bits per heavy atom. The minimum absolute atomic E-state index is 0.163. The molecule has 0 aromatic heterocycles. The molecule has 0 atom stereocenters. The van der Waals surface area contributed by atoms with E-state index in [9.17, 15) is 4.79 Å². The lowest BCUT2D eigenvalue weighted by Gasteiger charge is -1.87. The molecule has 0 amide bonds. The molecule has 0 unspecified atom stereocenters. The van der Waals surface area contributed by atoms with Gasteiger partial charge in [0.2, 0.25) is 0 Å². The van der Waals surface area contributed by atoms with Crippen molar-refractivity contribution in [2.45, 2.75) is 13.8 Å². The molecule has 35 valence electrons. The van der Waals surface area contributed by atoms with Crippen molar-refractivity contribution in [2.24, 2.45) is 0 Å². The van der Waals surface area contributed by atoms with Crippen molar-refractivity contribution < 1.29 is 4.79 Å². The molecule has 6 heavy (non-hydrogen) atoms. The highest BCUT2D eigenvalue weighted by Gasteiger charge is 1.98. The van der Waals surface area contributed by atoms with Crippen LogP contribution in [-0.2, 0) is 4.79 Å². The van der Waals surface area contributed by atoms with Crippen molar-refractivity contribution in [1.29, 1.82) is 0 Å². The van der Waals surface area contributed by atoms with Crippen molar-refractivity contribution in [3.8, 4) is 0 Å². The fourth-order valence-electron chi connectivity index (χ4n) is 0. The Hall–Kier alpha value is 0.400. The van der Waals surface area contributed by atoms with Crippen LogP contribution in [0.3, 0.4) is 0 Å². The zero-order chi connectivity index (χ0) is 5.15. The summed E-state index contributed by atoms with van der Waals surface area (Å²) in [5.41, 5.74) is 0. The van der Waals surface area contributed by atoms with E-state index < -0.39 is 0 Å². The number of hydrogen-bond donors (Lipinski definition) is 0. The van der Waals surface area contributed by atoms with E-state index in [0.717, 1.165) is 3.92 Å². The first-order valence-electron chi connectivity index (χ1n) is 1.64. The maximum absolute atomic E-state index is 10.1. The highest BCUT2D eigenvalue weighted by molar-refractivity contribution is 14.1. The number of hydrogen-bond acceptors (Lipinski definition) is 1. The SMILES string of the molecule is C[C](I)C(C)=O. The third kappa shape index (κ3) is 2.63. The molecule has 0 aromatic carbocycles. The van der Waals surface area contributed by atoms with Gasteiger partial charge in [-0.05, 0) is 13.8 Å². The number of halogens is 1. The van der Waals surface area contributed by atoms with Gasteiger partial charge in [-0.3, -0.25) is 4.79 Å². The molecule has 0 rings (SSSR count). The maximum Gasteiger partial charge on any atom is 0.147 e. The van der Waals surface area contributed by atoms with E-state index in [4.69, 9.17) is 0 Å². The summed E-state index contributed by atoms with van der Waals surface area (Å²) in [6.45, 7) is 3.35. The van der Waals surface area contributed by atoms with Crippen molar-refractivity contribution in [3.05, 3.63) is 3.92 Å². The van der Waals surface area contributed by atoms with Crippen LogP contribution in [0.25, 0.3) is 0 Å². The van der Waals surface area contributed by atoms with Crippen LogP contribution in [0.15, 0.2) is 0 Å². The third-order valence-electron chi connectivity index (χ3n) is 0.485. The van der Waals surface area contributed by atoms with Gasteiger partial charge in [0.05, 0.1) is 3.92 Å². The summed E-state index contributed by atoms with van der Waals surface area (Å²) in [7, 11) is 0. The van der Waals surface area contributed by atoms with Crippen LogP contribution < -0.4 is 0 Å². The molecule has 1 nitrogen and oxygen atoms in total. The number of ketones is 1. The van der Waals surface area contributed by atoms with Crippen molar-refractivity contribution in [1.82, 2.24) is 0 Å². The molecule has 1 radical (unpaired) electrons. The van der Waals surface area contributed by atoms with E-state index >= 15 is 0 Å². The van der Waals surface area contributed by atoms with E-state index in [1.165, 1.54) is 0 Å². The van der Waals surface area contributed by atoms with E-state index in [1.54, 1.807) is 13.8 Å². The summed E-state index contributed by atoms with van der Waals surface area (Å²) in [6.07, 6.45) is 0. The zero-order valence-corrected chi connectivity index (χ0v) is 5.94. The molecule has 0 bridgehead atoms. The number of carbonyl (C=O) groups excluding carboxylic acids is 1. The van der Waals surface area contributed by atoms with Gasteiger partial charge >= 0.3 is 0 Å². The highest BCUT2D eigenvalue weighted by atomic mass is 127. The van der Waals surface area contributed by atoms with Gasteiger partial charge < -0.3 is 0 Å². The van der Waals surface area contributed by atoms with Gasteiger partial charge in [0, 0.05) is 0 Å². The molecular formula is C4H6IO. The first-order chi connectivity index (χ1) is 2.64. The molecule has 0 saturated carbocycles. The lowest BCUT2D eigenvalue weighted by Crippen LogP contribution is -1.91. The maximum atomic E-state index is 10.1. The molecule has 0 spiro atoms. The molecule has 0 fully saturated rings. The van der Waals surface area contributed by atoms with Crippen LogP contribution in [0.2, 0.25) is 0 Å². The van der Waals surface area contributed by atoms with Gasteiger partial charge in [-0.2, -0.15) is 0 Å². The van der Waals surface area contributed by atoms with E-state index in [0.29, 0.717) is 0 Å². The minimum atomic E-state index is 0.163. The molecule has 0 heterocycles. The topological polar surface area (TPSA) is 17.1 Å². The van der Waals surface area contributed by atoms with E-state index in [1.807, 2.05) is 22.6 Å². The monoisotopic (exact) mass is 197 g/mol. The van der Waals surface area contributed by atoms with Crippen molar-refractivity contribution >= 4 is 28.4 Å². The molecule has 0 aliphatic heterocycles. The summed E-state index contributed by atoms with van der Waals surface area (Å²) in [6, 6.07) is 0. The molecular weight excluding hydrogens is 191 g/mol. The Morgan fingerprint density at radius 2 is 1.67 bits per heavy atom. The highest BCUT2D eigenvalue weighted by Crippen LogP contribution is 2.07. The molecule has 0 aliphatic carbocycles. The Balaban J connectivity index is 3.26. The third-order valence-corrected chi connectivity index (χ3v) is 1.24. The number of Topliss-reactive ketones (excluding diaryl/α,β-unsaturated/α-hetero) is 1. The van der Waals surface area contributed by atoms with Gasteiger partial charge in [-0.25, -0.2) is 0 Å². The van der Waals surface area contributed by atoms with Gasteiger partial charge in [0.25, 0.3) is 0 Å². The van der Waals surface area contributed by atoms with Crippen LogP contribution in [0, 0.1) is 3.92 Å². The zero-order valence-electron chi connectivity index (χ0n) is 3.79. The number of carbonyl (C=O) groups is 1. The first-order valence-corrected chi connectivity index (χ1v) is 2.72. The standard InChI is InChI=1S/C4H6IO/c1-3(5)4(2)6/h1-2H3. The molecule has 0 aromatic rings. The minimum Gasteiger partial charge on any atom is -0.298 e. The Morgan fingerprint density at radius 3 is 1.67 bits per heavy atom. The van der Waals surface area contributed by atoms with Gasteiger partial charge in [-0.15, -0.1) is 0 Å². The lowest BCUT2D eigenvalue weighted by molar-refractivity contribution is -0.114. The van der Waals surface area contributed by atoms with Crippen LogP contribution in [0.5, 0.6) is 0 Å². The summed E-state index contributed by atoms with van der Waals surface area (Å²) in [5.74, 6) is 0.163. The second-order valence-electron chi connectivity index (χ2n) is 1.09. The fraction of sp³-hybridized carbons (Fsp3) is 0.500. The Kier molecular flexibility index (Phi) is 2.72. The number of rotatable bonds is 1. The summed E-state index contributed by atoms with van der Waals surface area (Å²) < 4.78 is 0.840. The fourth-order valence-corrected chi connectivity index (χ4v) is 0. The Bertz CT molecular complexity index is 58.6. The Labute approximate surface area is 51.3 Å². The molecule has 2 heteroatoms. The molecule has 0 aliphatic rings. The van der Waals surface area contributed by atoms with Gasteiger partial charge in [0.15, 0.2) is 0 Å². The van der Waals surface area contributed by atoms with Crippen LogP contribution >= 0.6 is 22.6 Å². The predicted octanol–water partition coefficient (Wildman–Crippen LogP) is 1.56.